The summed E-state index contributed by atoms with van der Waals surface area (Å²) in [5.74, 6) is 0.356. The Morgan fingerprint density at radius 3 is 2.18 bits per heavy atom. The number of methoxy groups -OCH3 is 1. The summed E-state index contributed by atoms with van der Waals surface area (Å²) in [4.78, 5) is 12.7. The van der Waals surface area contributed by atoms with Crippen LogP contribution in [0.5, 0.6) is 5.75 Å². The van der Waals surface area contributed by atoms with Gasteiger partial charge >= 0.3 is 10.2 Å². The zero-order chi connectivity index (χ0) is 20.7. The van der Waals surface area contributed by atoms with Gasteiger partial charge in [-0.05, 0) is 36.2 Å². The molecule has 1 atom stereocenters. The number of hydrogen-bond donors (Lipinski definition) is 1. The molecular formula is C20H27N3O4S. The minimum Gasteiger partial charge on any atom is -0.497 e. The zero-order valence-corrected chi connectivity index (χ0v) is 17.4. The lowest BCUT2D eigenvalue weighted by molar-refractivity contribution is -0.120. The summed E-state index contributed by atoms with van der Waals surface area (Å²) in [5, 5.41) is 2.93. The van der Waals surface area contributed by atoms with Crippen molar-refractivity contribution in [2.75, 3.05) is 32.1 Å². The van der Waals surface area contributed by atoms with Crippen LogP contribution in [0.3, 0.4) is 0 Å². The SMILES string of the molecule is CCC(NC(=O)CN(c1ccccc1)S(=O)(=O)N(C)C)c1ccc(OC)cc1. The molecule has 0 aliphatic carbocycles. The minimum atomic E-state index is -3.81. The lowest BCUT2D eigenvalue weighted by Crippen LogP contribution is -2.46. The van der Waals surface area contributed by atoms with Gasteiger partial charge in [0.15, 0.2) is 0 Å². The largest absolute Gasteiger partial charge is 0.497 e. The molecule has 0 aliphatic heterocycles. The first kappa shape index (κ1) is 21.7. The molecule has 0 spiro atoms. The van der Waals surface area contributed by atoms with E-state index < -0.39 is 10.2 Å². The van der Waals surface area contributed by atoms with Crippen molar-refractivity contribution in [1.82, 2.24) is 9.62 Å². The molecule has 0 bridgehead atoms. The van der Waals surface area contributed by atoms with Gasteiger partial charge in [0.25, 0.3) is 0 Å². The second kappa shape index (κ2) is 9.57. The Balaban J connectivity index is 2.20. The Kier molecular flexibility index (Phi) is 7.42. The Labute approximate surface area is 167 Å². The van der Waals surface area contributed by atoms with Crippen LogP contribution >= 0.6 is 0 Å². The number of amides is 1. The second-order valence-electron chi connectivity index (χ2n) is 6.43. The molecule has 0 heterocycles. The van der Waals surface area contributed by atoms with Crippen molar-refractivity contribution in [2.45, 2.75) is 19.4 Å². The number of para-hydroxylation sites is 1. The Hall–Kier alpha value is -2.58. The normalized spacial score (nSPS) is 12.5. The average Bonchev–Trinajstić information content (AvgIpc) is 2.70. The maximum absolute atomic E-state index is 12.7. The highest BCUT2D eigenvalue weighted by Gasteiger charge is 2.27. The number of anilines is 1. The first-order valence-electron chi connectivity index (χ1n) is 8.98. The first-order valence-corrected chi connectivity index (χ1v) is 10.4. The molecule has 7 nitrogen and oxygen atoms in total. The fourth-order valence-corrected chi connectivity index (χ4v) is 3.79. The summed E-state index contributed by atoms with van der Waals surface area (Å²) in [6, 6.07) is 15.8. The molecule has 1 amide bonds. The molecule has 0 aromatic heterocycles. The Bertz CT molecular complexity index is 868. The topological polar surface area (TPSA) is 79.0 Å². The molecule has 0 radical (unpaired) electrons. The van der Waals surface area contributed by atoms with E-state index in [4.69, 9.17) is 4.74 Å². The molecule has 2 aromatic rings. The predicted molar refractivity (Wildman–Crippen MR) is 111 cm³/mol. The quantitative estimate of drug-likeness (QED) is 0.695. The van der Waals surface area contributed by atoms with Crippen LogP contribution in [0.1, 0.15) is 24.9 Å². The highest BCUT2D eigenvalue weighted by atomic mass is 32.2. The monoisotopic (exact) mass is 405 g/mol. The maximum atomic E-state index is 12.7. The maximum Gasteiger partial charge on any atom is 0.304 e. The van der Waals surface area contributed by atoms with Gasteiger partial charge in [-0.1, -0.05) is 37.3 Å². The van der Waals surface area contributed by atoms with E-state index in [1.165, 1.54) is 14.1 Å². The van der Waals surface area contributed by atoms with E-state index in [9.17, 15) is 13.2 Å². The Morgan fingerprint density at radius 2 is 1.68 bits per heavy atom. The summed E-state index contributed by atoms with van der Waals surface area (Å²) in [5.41, 5.74) is 1.36. The molecule has 2 aromatic carbocycles. The predicted octanol–water partition coefficient (Wildman–Crippen LogP) is 2.58. The van der Waals surface area contributed by atoms with E-state index in [2.05, 4.69) is 5.32 Å². The highest BCUT2D eigenvalue weighted by molar-refractivity contribution is 7.90. The molecular weight excluding hydrogens is 378 g/mol. The van der Waals surface area contributed by atoms with Gasteiger partial charge in [0.05, 0.1) is 18.8 Å². The molecule has 8 heteroatoms. The fourth-order valence-electron chi connectivity index (χ4n) is 2.73. The molecule has 0 aliphatic rings. The van der Waals surface area contributed by atoms with Crippen molar-refractivity contribution in [1.29, 1.82) is 0 Å². The second-order valence-corrected chi connectivity index (χ2v) is 8.50. The van der Waals surface area contributed by atoms with Crippen LogP contribution in [0.4, 0.5) is 5.69 Å². The van der Waals surface area contributed by atoms with Gasteiger partial charge in [-0.15, -0.1) is 0 Å². The van der Waals surface area contributed by atoms with Crippen molar-refractivity contribution < 1.29 is 17.9 Å². The summed E-state index contributed by atoms with van der Waals surface area (Å²) in [6.07, 6.45) is 0.670. The van der Waals surface area contributed by atoms with Crippen LogP contribution in [0.15, 0.2) is 54.6 Å². The first-order chi connectivity index (χ1) is 13.3. The van der Waals surface area contributed by atoms with Gasteiger partial charge < -0.3 is 10.1 Å². The molecule has 152 valence electrons. The number of rotatable bonds is 9. The molecule has 1 unspecified atom stereocenters. The standard InChI is InChI=1S/C20H27N3O4S/c1-5-19(16-11-13-18(27-4)14-12-16)21-20(24)15-23(28(25,26)22(2)3)17-9-7-6-8-10-17/h6-14,19H,5,15H2,1-4H3,(H,21,24). The number of benzene rings is 2. The number of carbonyl (C=O) groups excluding carboxylic acids is 1. The Morgan fingerprint density at radius 1 is 1.07 bits per heavy atom. The van der Waals surface area contributed by atoms with Crippen LogP contribution in [0, 0.1) is 0 Å². The van der Waals surface area contributed by atoms with E-state index in [0.29, 0.717) is 12.1 Å². The van der Waals surface area contributed by atoms with Gasteiger partial charge in [-0.25, -0.2) is 4.31 Å². The van der Waals surface area contributed by atoms with Gasteiger partial charge in [-0.3, -0.25) is 4.79 Å². The van der Waals surface area contributed by atoms with E-state index >= 15 is 0 Å². The molecule has 0 saturated heterocycles. The van der Waals surface area contributed by atoms with Crippen molar-refractivity contribution in [2.24, 2.45) is 0 Å². The number of nitrogens with one attached hydrogen (secondary N) is 1. The number of nitrogens with zero attached hydrogens (tertiary/aromatic N) is 2. The van der Waals surface area contributed by atoms with E-state index in [1.54, 1.807) is 37.4 Å². The van der Waals surface area contributed by atoms with Crippen LogP contribution < -0.4 is 14.4 Å². The van der Waals surface area contributed by atoms with Crippen molar-refractivity contribution in [3.05, 3.63) is 60.2 Å². The van der Waals surface area contributed by atoms with Crippen molar-refractivity contribution in [3.8, 4) is 5.75 Å². The molecule has 1 N–H and O–H groups in total. The summed E-state index contributed by atoms with van der Waals surface area (Å²) in [6.45, 7) is 1.65. The lowest BCUT2D eigenvalue weighted by Gasteiger charge is -2.28. The molecule has 0 fully saturated rings. The van der Waals surface area contributed by atoms with Crippen LogP contribution in [0.2, 0.25) is 0 Å². The number of ether oxygens (including phenoxy) is 1. The van der Waals surface area contributed by atoms with Crippen LogP contribution in [-0.2, 0) is 15.0 Å². The third-order valence-corrected chi connectivity index (χ3v) is 6.15. The van der Waals surface area contributed by atoms with Crippen molar-refractivity contribution >= 4 is 21.8 Å². The van der Waals surface area contributed by atoms with E-state index in [0.717, 1.165) is 19.9 Å². The summed E-state index contributed by atoms with van der Waals surface area (Å²) < 4.78 is 32.8. The minimum absolute atomic E-state index is 0.224. The number of carbonyl (C=O) groups is 1. The third kappa shape index (κ3) is 5.24. The van der Waals surface area contributed by atoms with Gasteiger partial charge in [0.1, 0.15) is 12.3 Å². The van der Waals surface area contributed by atoms with Crippen LogP contribution in [0.25, 0.3) is 0 Å². The molecule has 2 rings (SSSR count). The lowest BCUT2D eigenvalue weighted by atomic mass is 10.0. The van der Waals surface area contributed by atoms with Gasteiger partial charge in [-0.2, -0.15) is 12.7 Å². The summed E-state index contributed by atoms with van der Waals surface area (Å²) >= 11 is 0. The molecule has 28 heavy (non-hydrogen) atoms. The molecule has 0 saturated carbocycles. The summed E-state index contributed by atoms with van der Waals surface area (Å²) in [7, 11) is 0.660. The van der Waals surface area contributed by atoms with E-state index in [-0.39, 0.29) is 18.5 Å². The number of hydrogen-bond acceptors (Lipinski definition) is 4. The van der Waals surface area contributed by atoms with Gasteiger partial charge in [0, 0.05) is 14.1 Å². The zero-order valence-electron chi connectivity index (χ0n) is 16.6. The van der Waals surface area contributed by atoms with Gasteiger partial charge in [0.2, 0.25) is 5.91 Å². The van der Waals surface area contributed by atoms with E-state index in [1.807, 2.05) is 31.2 Å². The fraction of sp³-hybridized carbons (Fsp3) is 0.350. The highest BCUT2D eigenvalue weighted by Crippen LogP contribution is 2.21. The van der Waals surface area contributed by atoms with Crippen molar-refractivity contribution in [3.63, 3.8) is 0 Å². The third-order valence-electron chi connectivity index (χ3n) is 4.33. The van der Waals surface area contributed by atoms with Crippen LogP contribution in [-0.4, -0.2) is 46.4 Å². The average molecular weight is 406 g/mol. The smallest absolute Gasteiger partial charge is 0.304 e.